The first-order valence-electron chi connectivity index (χ1n) is 10.4. The van der Waals surface area contributed by atoms with E-state index in [2.05, 4.69) is 10.6 Å². The number of nitrogens with one attached hydrogen (secondary N) is 2. The number of ether oxygens (including phenoxy) is 2. The van der Waals surface area contributed by atoms with Crippen molar-refractivity contribution >= 4 is 23.6 Å². The van der Waals surface area contributed by atoms with Gasteiger partial charge >= 0.3 is 12.0 Å². The van der Waals surface area contributed by atoms with Gasteiger partial charge in [-0.1, -0.05) is 37.3 Å². The van der Waals surface area contributed by atoms with Crippen LogP contribution in [0.3, 0.4) is 0 Å². The molecule has 1 unspecified atom stereocenters. The second-order valence-electron chi connectivity index (χ2n) is 7.30. The highest BCUT2D eigenvalue weighted by Gasteiger charge is 2.35. The van der Waals surface area contributed by atoms with Crippen molar-refractivity contribution < 1.29 is 23.9 Å². The maximum Gasteiger partial charge on any atom is 0.337 e. The standard InChI is InChI=1S/C24H27N3O5/c1-4-13-27-16(2)21(23(29)31-3)22(26-24(27)30)17-9-8-10-18(14-17)25-20(28)15-32-19-11-6-5-7-12-19/h5-12,14,22H,4,13,15H2,1-3H3,(H,25,28)(H,26,30). The fourth-order valence-corrected chi connectivity index (χ4v) is 3.56. The Morgan fingerprint density at radius 2 is 1.88 bits per heavy atom. The van der Waals surface area contributed by atoms with Crippen molar-refractivity contribution in [2.75, 3.05) is 25.6 Å². The average Bonchev–Trinajstić information content (AvgIpc) is 2.80. The second-order valence-corrected chi connectivity index (χ2v) is 7.30. The van der Waals surface area contributed by atoms with Gasteiger partial charge in [0, 0.05) is 17.9 Å². The molecule has 0 saturated heterocycles. The molecule has 3 rings (SSSR count). The predicted molar refractivity (Wildman–Crippen MR) is 120 cm³/mol. The maximum absolute atomic E-state index is 12.7. The molecule has 0 radical (unpaired) electrons. The summed E-state index contributed by atoms with van der Waals surface area (Å²) >= 11 is 0. The van der Waals surface area contributed by atoms with E-state index in [1.807, 2.05) is 25.1 Å². The van der Waals surface area contributed by atoms with E-state index in [9.17, 15) is 14.4 Å². The fourth-order valence-electron chi connectivity index (χ4n) is 3.56. The Balaban J connectivity index is 1.80. The van der Waals surface area contributed by atoms with Crippen LogP contribution in [0.4, 0.5) is 10.5 Å². The molecule has 1 aliphatic heterocycles. The monoisotopic (exact) mass is 437 g/mol. The number of anilines is 1. The van der Waals surface area contributed by atoms with Gasteiger partial charge in [-0.3, -0.25) is 9.69 Å². The summed E-state index contributed by atoms with van der Waals surface area (Å²) in [4.78, 5) is 39.1. The van der Waals surface area contributed by atoms with Gasteiger partial charge in [-0.05, 0) is 43.2 Å². The summed E-state index contributed by atoms with van der Waals surface area (Å²) in [7, 11) is 1.31. The Labute approximate surface area is 187 Å². The number of allylic oxidation sites excluding steroid dienone is 1. The zero-order valence-electron chi connectivity index (χ0n) is 18.4. The van der Waals surface area contributed by atoms with Crippen LogP contribution < -0.4 is 15.4 Å². The molecule has 1 heterocycles. The highest BCUT2D eigenvalue weighted by atomic mass is 16.5. The molecule has 0 spiro atoms. The molecule has 8 nitrogen and oxygen atoms in total. The number of urea groups is 1. The molecule has 0 aromatic heterocycles. The molecule has 0 bridgehead atoms. The number of hydrogen-bond donors (Lipinski definition) is 2. The van der Waals surface area contributed by atoms with E-state index in [-0.39, 0.29) is 18.5 Å². The largest absolute Gasteiger partial charge is 0.484 e. The second kappa shape index (κ2) is 10.5. The topological polar surface area (TPSA) is 97.0 Å². The highest BCUT2D eigenvalue weighted by Crippen LogP contribution is 2.32. The van der Waals surface area contributed by atoms with E-state index in [4.69, 9.17) is 9.47 Å². The Hall–Kier alpha value is -3.81. The van der Waals surface area contributed by atoms with Crippen LogP contribution in [-0.4, -0.2) is 43.1 Å². The summed E-state index contributed by atoms with van der Waals surface area (Å²) in [6.45, 7) is 4.04. The lowest BCUT2D eigenvalue weighted by atomic mass is 9.94. The van der Waals surface area contributed by atoms with Crippen LogP contribution in [0.25, 0.3) is 0 Å². The molecule has 2 aromatic carbocycles. The van der Waals surface area contributed by atoms with Crippen LogP contribution in [0.5, 0.6) is 5.75 Å². The number of para-hydroxylation sites is 1. The van der Waals surface area contributed by atoms with E-state index in [0.717, 1.165) is 6.42 Å². The Morgan fingerprint density at radius 1 is 1.12 bits per heavy atom. The SMILES string of the molecule is CCCN1C(=O)NC(c2cccc(NC(=O)COc3ccccc3)c2)C(C(=O)OC)=C1C. The number of methoxy groups -OCH3 is 1. The van der Waals surface area contributed by atoms with Gasteiger partial charge in [0.25, 0.3) is 5.91 Å². The van der Waals surface area contributed by atoms with Crippen molar-refractivity contribution in [3.8, 4) is 5.75 Å². The fraction of sp³-hybridized carbons (Fsp3) is 0.292. The Bertz CT molecular complexity index is 1020. The van der Waals surface area contributed by atoms with E-state index in [0.29, 0.717) is 34.8 Å². The first kappa shape index (κ1) is 22.9. The van der Waals surface area contributed by atoms with Crippen LogP contribution in [0.15, 0.2) is 65.9 Å². The van der Waals surface area contributed by atoms with Crippen molar-refractivity contribution in [2.45, 2.75) is 26.3 Å². The first-order chi connectivity index (χ1) is 15.4. The number of amides is 3. The minimum atomic E-state index is -0.694. The molecule has 2 aromatic rings. The quantitative estimate of drug-likeness (QED) is 0.615. The van der Waals surface area contributed by atoms with Crippen LogP contribution in [-0.2, 0) is 14.3 Å². The van der Waals surface area contributed by atoms with Gasteiger partial charge in [0.1, 0.15) is 5.75 Å². The number of rotatable bonds is 8. The lowest BCUT2D eigenvalue weighted by Crippen LogP contribution is -2.48. The molecular formula is C24H27N3O5. The maximum atomic E-state index is 12.7. The van der Waals surface area contributed by atoms with Crippen LogP contribution >= 0.6 is 0 Å². The molecule has 2 N–H and O–H groups in total. The third-order valence-corrected chi connectivity index (χ3v) is 5.07. The van der Waals surface area contributed by atoms with Crippen molar-refractivity contribution in [2.24, 2.45) is 0 Å². The summed E-state index contributed by atoms with van der Waals surface area (Å²) in [6.07, 6.45) is 0.746. The van der Waals surface area contributed by atoms with Crippen molar-refractivity contribution in [1.82, 2.24) is 10.2 Å². The number of nitrogens with zero attached hydrogens (tertiary/aromatic N) is 1. The summed E-state index contributed by atoms with van der Waals surface area (Å²) < 4.78 is 10.5. The van der Waals surface area contributed by atoms with E-state index >= 15 is 0 Å². The van der Waals surface area contributed by atoms with Gasteiger partial charge in [-0.15, -0.1) is 0 Å². The number of carbonyl (C=O) groups is 3. The van der Waals surface area contributed by atoms with Crippen molar-refractivity contribution in [3.05, 3.63) is 71.4 Å². The molecule has 8 heteroatoms. The van der Waals surface area contributed by atoms with Crippen LogP contribution in [0.2, 0.25) is 0 Å². The van der Waals surface area contributed by atoms with Crippen LogP contribution in [0, 0.1) is 0 Å². The van der Waals surface area contributed by atoms with E-state index in [1.54, 1.807) is 43.3 Å². The number of hydrogen-bond acceptors (Lipinski definition) is 5. The first-order valence-corrected chi connectivity index (χ1v) is 10.4. The van der Waals surface area contributed by atoms with Gasteiger partial charge < -0.3 is 20.1 Å². The Morgan fingerprint density at radius 3 is 2.56 bits per heavy atom. The van der Waals surface area contributed by atoms with Gasteiger partial charge in [0.15, 0.2) is 6.61 Å². The molecule has 32 heavy (non-hydrogen) atoms. The Kier molecular flexibility index (Phi) is 7.49. The van der Waals surface area contributed by atoms with Crippen molar-refractivity contribution in [1.29, 1.82) is 0 Å². The van der Waals surface area contributed by atoms with Crippen molar-refractivity contribution in [3.63, 3.8) is 0 Å². The van der Waals surface area contributed by atoms with Gasteiger partial charge in [-0.2, -0.15) is 0 Å². The number of benzene rings is 2. The van der Waals surface area contributed by atoms with Gasteiger partial charge in [0.2, 0.25) is 0 Å². The molecule has 1 aliphatic rings. The van der Waals surface area contributed by atoms with E-state index < -0.39 is 12.0 Å². The average molecular weight is 437 g/mol. The summed E-state index contributed by atoms with van der Waals surface area (Å²) in [5.74, 6) is -0.242. The van der Waals surface area contributed by atoms with Gasteiger partial charge in [-0.25, -0.2) is 9.59 Å². The normalized spacial score (nSPS) is 15.8. The summed E-state index contributed by atoms with van der Waals surface area (Å²) in [5.41, 5.74) is 2.09. The lowest BCUT2D eigenvalue weighted by Gasteiger charge is -2.35. The highest BCUT2D eigenvalue weighted by molar-refractivity contribution is 5.95. The molecule has 3 amide bonds. The molecule has 0 saturated carbocycles. The smallest absolute Gasteiger partial charge is 0.337 e. The molecule has 168 valence electrons. The molecule has 0 aliphatic carbocycles. The van der Waals surface area contributed by atoms with Crippen LogP contribution in [0.1, 0.15) is 31.9 Å². The van der Waals surface area contributed by atoms with Gasteiger partial charge in [0.05, 0.1) is 18.7 Å². The summed E-state index contributed by atoms with van der Waals surface area (Å²) in [5, 5.41) is 5.66. The zero-order valence-corrected chi connectivity index (χ0v) is 18.4. The lowest BCUT2D eigenvalue weighted by molar-refractivity contribution is -0.136. The molecular weight excluding hydrogens is 410 g/mol. The van der Waals surface area contributed by atoms with E-state index in [1.165, 1.54) is 12.0 Å². The minimum absolute atomic E-state index is 0.146. The number of carbonyl (C=O) groups excluding carboxylic acids is 3. The third-order valence-electron chi connectivity index (χ3n) is 5.07. The number of esters is 1. The third kappa shape index (κ3) is 5.26. The molecule has 1 atom stereocenters. The minimum Gasteiger partial charge on any atom is -0.484 e. The predicted octanol–water partition coefficient (Wildman–Crippen LogP) is 3.63. The zero-order chi connectivity index (χ0) is 23.1. The summed E-state index contributed by atoms with van der Waals surface area (Å²) in [6, 6.07) is 15.1. The molecule has 0 fully saturated rings.